The molecule has 1 rings (SSSR count). The SMILES string of the molecule is [CH2]CC1CCCCC1=O. The molecule has 1 aliphatic carbocycles. The lowest BCUT2D eigenvalue weighted by Gasteiger charge is -2.17. The molecule has 0 aromatic rings. The molecule has 0 amide bonds. The predicted octanol–water partition coefficient (Wildman–Crippen LogP) is 1.97. The number of Topliss-reactive ketones (excluding diaryl/α,β-unsaturated/α-hetero) is 1. The zero-order valence-corrected chi connectivity index (χ0v) is 5.73. The van der Waals surface area contributed by atoms with Gasteiger partial charge in [0.1, 0.15) is 5.78 Å². The maximum absolute atomic E-state index is 11.0. The molecule has 0 saturated heterocycles. The third-order valence-corrected chi connectivity index (χ3v) is 2.03. The van der Waals surface area contributed by atoms with Crippen LogP contribution in [0.1, 0.15) is 32.1 Å². The summed E-state index contributed by atoms with van der Waals surface area (Å²) in [4.78, 5) is 11.0. The number of carbonyl (C=O) groups is 1. The lowest BCUT2D eigenvalue weighted by molar-refractivity contribution is -0.124. The molecule has 0 aromatic heterocycles. The highest BCUT2D eigenvalue weighted by Crippen LogP contribution is 2.22. The van der Waals surface area contributed by atoms with Gasteiger partial charge in [0.2, 0.25) is 0 Å². The summed E-state index contributed by atoms with van der Waals surface area (Å²) >= 11 is 0. The van der Waals surface area contributed by atoms with Gasteiger partial charge in [0.25, 0.3) is 0 Å². The van der Waals surface area contributed by atoms with Gasteiger partial charge in [-0.2, -0.15) is 0 Å². The average molecular weight is 125 g/mol. The molecule has 0 N–H and O–H groups in total. The molecule has 1 aliphatic rings. The van der Waals surface area contributed by atoms with Crippen LogP contribution in [0.5, 0.6) is 0 Å². The Hall–Kier alpha value is -0.330. The highest BCUT2D eigenvalue weighted by molar-refractivity contribution is 5.81. The maximum Gasteiger partial charge on any atom is 0.135 e. The molecule has 1 saturated carbocycles. The van der Waals surface area contributed by atoms with Crippen LogP contribution < -0.4 is 0 Å². The summed E-state index contributed by atoms with van der Waals surface area (Å²) in [5, 5.41) is 0. The normalized spacial score (nSPS) is 28.6. The van der Waals surface area contributed by atoms with Gasteiger partial charge in [-0.15, -0.1) is 0 Å². The summed E-state index contributed by atoms with van der Waals surface area (Å²) in [7, 11) is 0. The van der Waals surface area contributed by atoms with E-state index in [4.69, 9.17) is 0 Å². The predicted molar refractivity (Wildman–Crippen MR) is 36.9 cm³/mol. The van der Waals surface area contributed by atoms with E-state index in [1.807, 2.05) is 0 Å². The molecule has 0 spiro atoms. The first kappa shape index (κ1) is 6.79. The van der Waals surface area contributed by atoms with Gasteiger partial charge >= 0.3 is 0 Å². The molecule has 51 valence electrons. The summed E-state index contributed by atoms with van der Waals surface area (Å²) in [6, 6.07) is 0. The van der Waals surface area contributed by atoms with Crippen LogP contribution in [0.15, 0.2) is 0 Å². The first-order valence-electron chi connectivity index (χ1n) is 3.66. The Balaban J connectivity index is 2.39. The summed E-state index contributed by atoms with van der Waals surface area (Å²) < 4.78 is 0. The quantitative estimate of drug-likeness (QED) is 0.523. The van der Waals surface area contributed by atoms with Gasteiger partial charge in [-0.25, -0.2) is 0 Å². The monoisotopic (exact) mass is 125 g/mol. The van der Waals surface area contributed by atoms with Gasteiger partial charge in [0.05, 0.1) is 0 Å². The van der Waals surface area contributed by atoms with E-state index in [0.717, 1.165) is 25.7 Å². The van der Waals surface area contributed by atoms with Crippen molar-refractivity contribution in [2.75, 3.05) is 0 Å². The topological polar surface area (TPSA) is 17.1 Å². The minimum Gasteiger partial charge on any atom is -0.299 e. The smallest absolute Gasteiger partial charge is 0.135 e. The third kappa shape index (κ3) is 1.54. The van der Waals surface area contributed by atoms with Gasteiger partial charge in [-0.05, 0) is 19.3 Å². The fourth-order valence-electron chi connectivity index (χ4n) is 1.36. The van der Waals surface area contributed by atoms with Crippen molar-refractivity contribution in [2.45, 2.75) is 32.1 Å². The second-order valence-electron chi connectivity index (χ2n) is 2.70. The summed E-state index contributed by atoms with van der Waals surface area (Å²) in [5.41, 5.74) is 0. The van der Waals surface area contributed by atoms with Crippen molar-refractivity contribution in [1.29, 1.82) is 0 Å². The van der Waals surface area contributed by atoms with Crippen LogP contribution in [-0.2, 0) is 4.79 Å². The zero-order chi connectivity index (χ0) is 6.69. The molecular weight excluding hydrogens is 112 g/mol. The van der Waals surface area contributed by atoms with Crippen molar-refractivity contribution in [3.8, 4) is 0 Å². The molecule has 9 heavy (non-hydrogen) atoms. The van der Waals surface area contributed by atoms with Crippen LogP contribution in [0.2, 0.25) is 0 Å². The van der Waals surface area contributed by atoms with Crippen LogP contribution in [0.25, 0.3) is 0 Å². The van der Waals surface area contributed by atoms with Crippen molar-refractivity contribution < 1.29 is 4.79 Å². The second-order valence-corrected chi connectivity index (χ2v) is 2.70. The van der Waals surface area contributed by atoms with Gasteiger partial charge in [0, 0.05) is 12.3 Å². The van der Waals surface area contributed by atoms with Crippen LogP contribution in [0.3, 0.4) is 0 Å². The minimum absolute atomic E-state index is 0.304. The molecule has 0 aromatic carbocycles. The number of carbonyl (C=O) groups excluding carboxylic acids is 1. The summed E-state index contributed by atoms with van der Waals surface area (Å²) in [6.07, 6.45) is 5.03. The van der Waals surface area contributed by atoms with E-state index in [9.17, 15) is 4.79 Å². The van der Waals surface area contributed by atoms with E-state index in [0.29, 0.717) is 11.7 Å². The Morgan fingerprint density at radius 2 is 2.33 bits per heavy atom. The fourth-order valence-corrected chi connectivity index (χ4v) is 1.36. The summed E-state index contributed by atoms with van der Waals surface area (Å²) in [6.45, 7) is 3.74. The highest BCUT2D eigenvalue weighted by Gasteiger charge is 2.19. The fraction of sp³-hybridized carbons (Fsp3) is 0.750. The number of rotatable bonds is 1. The Kier molecular flexibility index (Phi) is 2.26. The molecule has 0 heterocycles. The standard InChI is InChI=1S/C8H13O/c1-2-7-5-3-4-6-8(7)9/h7H,1-6H2. The van der Waals surface area contributed by atoms with Crippen LogP contribution in [0, 0.1) is 12.8 Å². The van der Waals surface area contributed by atoms with Gasteiger partial charge < -0.3 is 0 Å². The highest BCUT2D eigenvalue weighted by atomic mass is 16.1. The van der Waals surface area contributed by atoms with Gasteiger partial charge in [0.15, 0.2) is 0 Å². The molecule has 1 radical (unpaired) electrons. The van der Waals surface area contributed by atoms with Crippen LogP contribution in [-0.4, -0.2) is 5.78 Å². The molecule has 0 bridgehead atoms. The molecule has 1 heteroatoms. The van der Waals surface area contributed by atoms with Crippen molar-refractivity contribution >= 4 is 5.78 Å². The average Bonchev–Trinajstić information content (AvgIpc) is 1.89. The molecule has 1 atom stereocenters. The van der Waals surface area contributed by atoms with Crippen LogP contribution in [0.4, 0.5) is 0 Å². The Labute approximate surface area is 56.4 Å². The number of ketones is 1. The third-order valence-electron chi connectivity index (χ3n) is 2.03. The van der Waals surface area contributed by atoms with E-state index in [1.165, 1.54) is 6.42 Å². The zero-order valence-electron chi connectivity index (χ0n) is 5.73. The summed E-state index contributed by atoms with van der Waals surface area (Å²) in [5.74, 6) is 0.745. The van der Waals surface area contributed by atoms with Gasteiger partial charge in [-0.1, -0.05) is 13.3 Å². The minimum atomic E-state index is 0.304. The molecule has 1 nitrogen and oxygen atoms in total. The van der Waals surface area contributed by atoms with E-state index in [-0.39, 0.29) is 0 Å². The first-order valence-corrected chi connectivity index (χ1v) is 3.66. The van der Waals surface area contributed by atoms with Crippen molar-refractivity contribution in [3.05, 3.63) is 6.92 Å². The van der Waals surface area contributed by atoms with Gasteiger partial charge in [-0.3, -0.25) is 4.79 Å². The lowest BCUT2D eigenvalue weighted by Crippen LogP contribution is -2.17. The second kappa shape index (κ2) is 3.00. The lowest BCUT2D eigenvalue weighted by atomic mass is 9.86. The molecular formula is C8H13O. The van der Waals surface area contributed by atoms with Crippen molar-refractivity contribution in [1.82, 2.24) is 0 Å². The first-order chi connectivity index (χ1) is 4.34. The largest absolute Gasteiger partial charge is 0.299 e. The van der Waals surface area contributed by atoms with Crippen molar-refractivity contribution in [2.24, 2.45) is 5.92 Å². The van der Waals surface area contributed by atoms with E-state index in [2.05, 4.69) is 6.92 Å². The van der Waals surface area contributed by atoms with Crippen molar-refractivity contribution in [3.63, 3.8) is 0 Å². The number of hydrogen-bond donors (Lipinski definition) is 0. The molecule has 1 fully saturated rings. The maximum atomic E-state index is 11.0. The molecule has 1 unspecified atom stereocenters. The van der Waals surface area contributed by atoms with E-state index >= 15 is 0 Å². The van der Waals surface area contributed by atoms with Crippen LogP contribution >= 0.6 is 0 Å². The molecule has 0 aliphatic heterocycles. The number of hydrogen-bond acceptors (Lipinski definition) is 1. The Morgan fingerprint density at radius 1 is 1.56 bits per heavy atom. The van der Waals surface area contributed by atoms with E-state index in [1.54, 1.807) is 0 Å². The van der Waals surface area contributed by atoms with E-state index < -0.39 is 0 Å². The Bertz CT molecular complexity index is 107. The Morgan fingerprint density at radius 3 is 2.78 bits per heavy atom.